The number of thioether (sulfide) groups is 1. The van der Waals surface area contributed by atoms with Crippen molar-refractivity contribution >= 4 is 39.3 Å². The van der Waals surface area contributed by atoms with Gasteiger partial charge in [0.25, 0.3) is 5.56 Å². The zero-order valence-electron chi connectivity index (χ0n) is 15.2. The maximum atomic E-state index is 13.3. The van der Waals surface area contributed by atoms with Gasteiger partial charge in [-0.05, 0) is 38.0 Å². The smallest absolute Gasteiger partial charge is 0.316 e. The Morgan fingerprint density at radius 1 is 1.27 bits per heavy atom. The van der Waals surface area contributed by atoms with Gasteiger partial charge < -0.3 is 4.74 Å². The summed E-state index contributed by atoms with van der Waals surface area (Å²) in [5, 5.41) is 1.16. The van der Waals surface area contributed by atoms with Crippen LogP contribution >= 0.6 is 23.1 Å². The van der Waals surface area contributed by atoms with Gasteiger partial charge in [-0.1, -0.05) is 36.4 Å². The van der Waals surface area contributed by atoms with Crippen LogP contribution in [0.1, 0.15) is 22.9 Å². The Balaban J connectivity index is 2.24. The molecule has 0 aliphatic carbocycles. The molecular weight excluding hydrogens is 368 g/mol. The molecule has 0 spiro atoms. The second-order valence-electron chi connectivity index (χ2n) is 5.92. The third-order valence-electron chi connectivity index (χ3n) is 4.19. The van der Waals surface area contributed by atoms with E-state index in [-0.39, 0.29) is 17.3 Å². The summed E-state index contributed by atoms with van der Waals surface area (Å²) >= 11 is 2.76. The molecule has 0 saturated heterocycles. The van der Waals surface area contributed by atoms with Crippen LogP contribution in [0.5, 0.6) is 0 Å². The van der Waals surface area contributed by atoms with Crippen molar-refractivity contribution in [2.24, 2.45) is 0 Å². The van der Waals surface area contributed by atoms with Crippen molar-refractivity contribution < 1.29 is 9.53 Å². The molecule has 1 aromatic carbocycles. The number of aryl methyl sites for hydroxylation is 3. The number of methoxy groups -OCH3 is 1. The van der Waals surface area contributed by atoms with Crippen molar-refractivity contribution in [2.45, 2.75) is 32.3 Å². The summed E-state index contributed by atoms with van der Waals surface area (Å²) in [6, 6.07) is 7.71. The lowest BCUT2D eigenvalue weighted by Crippen LogP contribution is -2.22. The van der Waals surface area contributed by atoms with Crippen molar-refractivity contribution in [3.05, 3.63) is 50.6 Å². The van der Waals surface area contributed by atoms with E-state index in [0.717, 1.165) is 32.9 Å². The van der Waals surface area contributed by atoms with Crippen LogP contribution in [0.25, 0.3) is 15.9 Å². The Kier molecular flexibility index (Phi) is 5.48. The number of fused-ring (bicyclic) bond motifs is 1. The fraction of sp³-hybridized carbons (Fsp3) is 0.316. The number of ether oxygens (including phenoxy) is 1. The number of benzene rings is 1. The van der Waals surface area contributed by atoms with Crippen LogP contribution in [0.15, 0.2) is 34.2 Å². The Morgan fingerprint density at radius 3 is 2.58 bits per heavy atom. The number of carbonyl (C=O) groups excluding carboxylic acids is 1. The topological polar surface area (TPSA) is 61.2 Å². The van der Waals surface area contributed by atoms with E-state index < -0.39 is 0 Å². The van der Waals surface area contributed by atoms with E-state index in [0.29, 0.717) is 10.5 Å². The van der Waals surface area contributed by atoms with Crippen molar-refractivity contribution in [3.8, 4) is 5.69 Å². The largest absolute Gasteiger partial charge is 0.468 e. The Hall–Kier alpha value is -2.12. The van der Waals surface area contributed by atoms with Crippen LogP contribution in [0.4, 0.5) is 0 Å². The summed E-state index contributed by atoms with van der Waals surface area (Å²) in [4.78, 5) is 31.5. The predicted octanol–water partition coefficient (Wildman–Crippen LogP) is 3.89. The SMILES string of the molecule is CCc1sc2nc(SCC(=O)OC)n(-c3ccc(C)cc3)c(=O)c2c1C. The average Bonchev–Trinajstić information content (AvgIpc) is 2.96. The van der Waals surface area contributed by atoms with Crippen molar-refractivity contribution in [3.63, 3.8) is 0 Å². The molecule has 0 atom stereocenters. The van der Waals surface area contributed by atoms with Crippen LogP contribution < -0.4 is 5.56 Å². The molecule has 0 bridgehead atoms. The van der Waals surface area contributed by atoms with E-state index in [1.807, 2.05) is 38.1 Å². The standard InChI is InChI=1S/C19H20N2O3S2/c1-5-14-12(3)16-17(26-14)20-19(25-10-15(22)24-4)21(18(16)23)13-8-6-11(2)7-9-13/h6-9H,5,10H2,1-4H3. The number of hydrogen-bond acceptors (Lipinski definition) is 6. The van der Waals surface area contributed by atoms with Gasteiger partial charge >= 0.3 is 5.97 Å². The van der Waals surface area contributed by atoms with E-state index in [1.54, 1.807) is 15.9 Å². The summed E-state index contributed by atoms with van der Waals surface area (Å²) in [7, 11) is 1.35. The molecule has 0 unspecified atom stereocenters. The molecule has 0 saturated carbocycles. The molecule has 0 amide bonds. The molecule has 0 fully saturated rings. The summed E-state index contributed by atoms with van der Waals surface area (Å²) in [5.74, 6) is -0.248. The first kappa shape index (κ1) is 18.7. The predicted molar refractivity (Wildman–Crippen MR) is 107 cm³/mol. The van der Waals surface area contributed by atoms with Gasteiger partial charge in [0, 0.05) is 4.88 Å². The summed E-state index contributed by atoms with van der Waals surface area (Å²) in [6.45, 7) is 6.04. The molecule has 136 valence electrons. The molecule has 3 rings (SSSR count). The first-order chi connectivity index (χ1) is 12.5. The first-order valence-electron chi connectivity index (χ1n) is 8.28. The number of thiophene rings is 1. The third-order valence-corrected chi connectivity index (χ3v) is 6.43. The highest BCUT2D eigenvalue weighted by atomic mass is 32.2. The van der Waals surface area contributed by atoms with Gasteiger partial charge in [0.05, 0.1) is 23.9 Å². The molecule has 7 heteroatoms. The molecule has 2 aromatic heterocycles. The zero-order chi connectivity index (χ0) is 18.8. The van der Waals surface area contributed by atoms with E-state index in [4.69, 9.17) is 9.72 Å². The van der Waals surface area contributed by atoms with Gasteiger partial charge in [-0.15, -0.1) is 11.3 Å². The zero-order valence-corrected chi connectivity index (χ0v) is 16.8. The summed E-state index contributed by atoms with van der Waals surface area (Å²) < 4.78 is 6.31. The van der Waals surface area contributed by atoms with Gasteiger partial charge in [0.2, 0.25) is 0 Å². The minimum atomic E-state index is -0.351. The van der Waals surface area contributed by atoms with E-state index in [2.05, 4.69) is 6.92 Å². The quantitative estimate of drug-likeness (QED) is 0.377. The van der Waals surface area contributed by atoms with Gasteiger partial charge in [-0.3, -0.25) is 14.2 Å². The maximum absolute atomic E-state index is 13.3. The van der Waals surface area contributed by atoms with Gasteiger partial charge in [0.1, 0.15) is 4.83 Å². The lowest BCUT2D eigenvalue weighted by atomic mass is 10.2. The number of nitrogens with zero attached hydrogens (tertiary/aromatic N) is 2. The van der Waals surface area contributed by atoms with Crippen molar-refractivity contribution in [1.82, 2.24) is 9.55 Å². The fourth-order valence-electron chi connectivity index (χ4n) is 2.75. The maximum Gasteiger partial charge on any atom is 0.316 e. The van der Waals surface area contributed by atoms with Gasteiger partial charge in [-0.25, -0.2) is 4.98 Å². The lowest BCUT2D eigenvalue weighted by molar-refractivity contribution is -0.137. The highest BCUT2D eigenvalue weighted by Crippen LogP contribution is 2.30. The van der Waals surface area contributed by atoms with Crippen molar-refractivity contribution in [1.29, 1.82) is 0 Å². The first-order valence-corrected chi connectivity index (χ1v) is 10.1. The minimum absolute atomic E-state index is 0.0975. The molecule has 0 radical (unpaired) electrons. The van der Waals surface area contributed by atoms with E-state index in [9.17, 15) is 9.59 Å². The highest BCUT2D eigenvalue weighted by molar-refractivity contribution is 7.99. The van der Waals surface area contributed by atoms with E-state index >= 15 is 0 Å². The van der Waals surface area contributed by atoms with Crippen LogP contribution in [0, 0.1) is 13.8 Å². The molecule has 3 aromatic rings. The molecule has 0 aliphatic heterocycles. The molecular formula is C19H20N2O3S2. The molecule has 2 heterocycles. The monoisotopic (exact) mass is 388 g/mol. The van der Waals surface area contributed by atoms with Crippen LogP contribution in [0.3, 0.4) is 0 Å². The van der Waals surface area contributed by atoms with Crippen LogP contribution in [-0.2, 0) is 16.0 Å². The highest BCUT2D eigenvalue weighted by Gasteiger charge is 2.19. The molecule has 5 nitrogen and oxygen atoms in total. The summed E-state index contributed by atoms with van der Waals surface area (Å²) in [5.41, 5.74) is 2.75. The van der Waals surface area contributed by atoms with Crippen molar-refractivity contribution in [2.75, 3.05) is 12.9 Å². The molecule has 26 heavy (non-hydrogen) atoms. The number of aromatic nitrogens is 2. The number of rotatable bonds is 5. The average molecular weight is 389 g/mol. The molecule has 0 aliphatic rings. The van der Waals surface area contributed by atoms with Gasteiger partial charge in [-0.2, -0.15) is 0 Å². The molecule has 0 N–H and O–H groups in total. The second-order valence-corrected chi connectivity index (χ2v) is 7.95. The lowest BCUT2D eigenvalue weighted by Gasteiger charge is -2.12. The number of esters is 1. The minimum Gasteiger partial charge on any atom is -0.468 e. The van der Waals surface area contributed by atoms with Crippen LogP contribution in [0.2, 0.25) is 0 Å². The Bertz CT molecular complexity index is 1020. The fourth-order valence-corrected chi connectivity index (χ4v) is 4.75. The normalized spacial score (nSPS) is 11.1. The van der Waals surface area contributed by atoms with E-state index in [1.165, 1.54) is 18.9 Å². The van der Waals surface area contributed by atoms with Crippen LogP contribution in [-0.4, -0.2) is 28.4 Å². The number of hydrogen-bond donors (Lipinski definition) is 0. The second kappa shape index (κ2) is 7.63. The Labute approximate surface area is 160 Å². The van der Waals surface area contributed by atoms with Gasteiger partial charge in [0.15, 0.2) is 5.16 Å². The summed E-state index contributed by atoms with van der Waals surface area (Å²) in [6.07, 6.45) is 0.863. The Morgan fingerprint density at radius 2 is 1.96 bits per heavy atom. The number of carbonyl (C=O) groups is 1. The third kappa shape index (κ3) is 3.41.